The second-order valence-corrected chi connectivity index (χ2v) is 5.61. The number of hydrogen-bond donors (Lipinski definition) is 1. The minimum absolute atomic E-state index is 0. The number of hydrogen-bond acceptors (Lipinski definition) is 3. The minimum Gasteiger partial charge on any atom is -0.317 e. The zero-order chi connectivity index (χ0) is 15.1. The van der Waals surface area contributed by atoms with Gasteiger partial charge in [0.2, 0.25) is 5.91 Å². The lowest BCUT2D eigenvalue weighted by Gasteiger charge is -2.32. The summed E-state index contributed by atoms with van der Waals surface area (Å²) < 4.78 is 39.2. The molecule has 122 valence electrons. The lowest BCUT2D eigenvalue weighted by Crippen LogP contribution is -2.43. The first-order valence-electron chi connectivity index (χ1n) is 6.99. The highest BCUT2D eigenvalue weighted by Crippen LogP contribution is 2.44. The number of aromatic nitrogens is 1. The molecule has 0 bridgehead atoms. The molecule has 0 saturated carbocycles. The molecule has 2 aliphatic heterocycles. The largest absolute Gasteiger partial charge is 0.419 e. The van der Waals surface area contributed by atoms with Crippen molar-refractivity contribution in [1.29, 1.82) is 0 Å². The Bertz CT molecular complexity index is 559. The minimum atomic E-state index is -4.51. The highest BCUT2D eigenvalue weighted by molar-refractivity contribution is 5.99. The van der Waals surface area contributed by atoms with Crippen molar-refractivity contribution < 1.29 is 18.0 Å². The van der Waals surface area contributed by atoms with Crippen molar-refractivity contribution in [2.24, 2.45) is 5.41 Å². The number of amides is 1. The monoisotopic (exact) mass is 335 g/mol. The van der Waals surface area contributed by atoms with Crippen molar-refractivity contribution in [3.63, 3.8) is 0 Å². The predicted octanol–water partition coefficient (Wildman–Crippen LogP) is 2.63. The molecule has 0 unspecified atom stereocenters. The number of alkyl halides is 3. The number of rotatable bonds is 1. The summed E-state index contributed by atoms with van der Waals surface area (Å²) in [4.78, 5) is 17.7. The highest BCUT2D eigenvalue weighted by Gasteiger charge is 2.49. The van der Waals surface area contributed by atoms with E-state index in [-0.39, 0.29) is 24.1 Å². The summed E-state index contributed by atoms with van der Waals surface area (Å²) in [5.41, 5.74) is -1.35. The van der Waals surface area contributed by atoms with Gasteiger partial charge < -0.3 is 5.32 Å². The highest BCUT2D eigenvalue weighted by atomic mass is 35.5. The molecule has 0 radical (unpaired) electrons. The Morgan fingerprint density at radius 1 is 1.23 bits per heavy atom. The summed E-state index contributed by atoms with van der Waals surface area (Å²) in [6, 6.07) is 2.22. The fourth-order valence-corrected chi connectivity index (χ4v) is 3.23. The van der Waals surface area contributed by atoms with E-state index in [0.29, 0.717) is 25.8 Å². The number of carbonyl (C=O) groups excluding carboxylic acids is 1. The molecule has 0 atom stereocenters. The Morgan fingerprint density at radius 3 is 2.55 bits per heavy atom. The zero-order valence-corrected chi connectivity index (χ0v) is 12.6. The smallest absolute Gasteiger partial charge is 0.317 e. The molecule has 0 aromatic carbocycles. The molecule has 3 heterocycles. The molecule has 22 heavy (non-hydrogen) atoms. The Balaban J connectivity index is 0.00000176. The number of carbonyl (C=O) groups is 1. The summed E-state index contributed by atoms with van der Waals surface area (Å²) >= 11 is 0. The van der Waals surface area contributed by atoms with Gasteiger partial charge in [-0.05, 0) is 44.5 Å². The van der Waals surface area contributed by atoms with E-state index >= 15 is 0 Å². The van der Waals surface area contributed by atoms with Crippen LogP contribution in [-0.4, -0.2) is 30.5 Å². The Morgan fingerprint density at radius 2 is 1.91 bits per heavy atom. The molecular formula is C14H17ClF3N3O. The topological polar surface area (TPSA) is 45.2 Å². The van der Waals surface area contributed by atoms with E-state index in [9.17, 15) is 18.0 Å². The maximum Gasteiger partial charge on any atom is 0.419 e. The molecule has 2 fully saturated rings. The molecule has 1 spiro atoms. The number of anilines is 1. The third-order valence-corrected chi connectivity index (χ3v) is 4.42. The lowest BCUT2D eigenvalue weighted by atomic mass is 9.78. The molecule has 2 saturated heterocycles. The van der Waals surface area contributed by atoms with Gasteiger partial charge in [-0.25, -0.2) is 4.98 Å². The van der Waals surface area contributed by atoms with Gasteiger partial charge in [0.05, 0.1) is 11.0 Å². The van der Waals surface area contributed by atoms with Crippen LogP contribution in [0.15, 0.2) is 18.3 Å². The van der Waals surface area contributed by atoms with Crippen LogP contribution in [0.1, 0.15) is 24.8 Å². The van der Waals surface area contributed by atoms with Gasteiger partial charge in [-0.2, -0.15) is 13.2 Å². The van der Waals surface area contributed by atoms with E-state index in [1.54, 1.807) is 0 Å². The van der Waals surface area contributed by atoms with E-state index in [0.717, 1.165) is 19.2 Å². The van der Waals surface area contributed by atoms with Gasteiger partial charge in [-0.3, -0.25) is 9.69 Å². The summed E-state index contributed by atoms with van der Waals surface area (Å²) in [6.45, 7) is 1.76. The van der Waals surface area contributed by atoms with Gasteiger partial charge in [0.1, 0.15) is 5.82 Å². The number of piperidine rings is 1. The number of pyridine rings is 1. The average Bonchev–Trinajstić information content (AvgIpc) is 2.76. The molecule has 2 aliphatic rings. The van der Waals surface area contributed by atoms with Gasteiger partial charge in [0, 0.05) is 12.7 Å². The second-order valence-electron chi connectivity index (χ2n) is 5.61. The molecule has 3 rings (SSSR count). The van der Waals surface area contributed by atoms with Crippen LogP contribution in [-0.2, 0) is 11.0 Å². The van der Waals surface area contributed by atoms with E-state index in [1.165, 1.54) is 17.2 Å². The SMILES string of the molecule is Cl.O=C1N(c2ncccc2C(F)(F)F)CCC12CCNCC2. The molecule has 1 N–H and O–H groups in total. The van der Waals surface area contributed by atoms with E-state index in [2.05, 4.69) is 10.3 Å². The van der Waals surface area contributed by atoms with Crippen molar-refractivity contribution in [1.82, 2.24) is 10.3 Å². The van der Waals surface area contributed by atoms with Gasteiger partial charge in [0.15, 0.2) is 0 Å². The average molecular weight is 336 g/mol. The summed E-state index contributed by atoms with van der Waals surface area (Å²) in [7, 11) is 0. The first-order chi connectivity index (χ1) is 9.94. The summed E-state index contributed by atoms with van der Waals surface area (Å²) in [5.74, 6) is -0.474. The Kier molecular flexibility index (Phi) is 4.67. The maximum absolute atomic E-state index is 13.1. The summed E-state index contributed by atoms with van der Waals surface area (Å²) in [5, 5.41) is 3.18. The first kappa shape index (κ1) is 17.0. The standard InChI is InChI=1S/C14H16F3N3O.ClH/c15-14(16,17)10-2-1-6-19-11(10)20-9-5-13(12(20)21)3-7-18-8-4-13;/h1-2,6,18H,3-5,7-9H2;1H. The zero-order valence-electron chi connectivity index (χ0n) is 11.8. The van der Waals surface area contributed by atoms with E-state index in [4.69, 9.17) is 0 Å². The van der Waals surface area contributed by atoms with Gasteiger partial charge in [0.25, 0.3) is 0 Å². The van der Waals surface area contributed by atoms with Crippen LogP contribution in [0, 0.1) is 5.41 Å². The normalized spacial score (nSPS) is 21.0. The number of halogens is 4. The number of nitrogens with zero attached hydrogens (tertiary/aromatic N) is 2. The van der Waals surface area contributed by atoms with Crippen LogP contribution in [0.25, 0.3) is 0 Å². The van der Waals surface area contributed by atoms with Crippen molar-refractivity contribution in [2.75, 3.05) is 24.5 Å². The lowest BCUT2D eigenvalue weighted by molar-refractivity contribution is -0.137. The van der Waals surface area contributed by atoms with Crippen LogP contribution in [0.5, 0.6) is 0 Å². The third-order valence-electron chi connectivity index (χ3n) is 4.42. The van der Waals surface area contributed by atoms with Crippen molar-refractivity contribution >= 4 is 24.1 Å². The van der Waals surface area contributed by atoms with Gasteiger partial charge >= 0.3 is 6.18 Å². The van der Waals surface area contributed by atoms with E-state index in [1.807, 2.05) is 0 Å². The fraction of sp³-hybridized carbons (Fsp3) is 0.571. The third kappa shape index (κ3) is 2.79. The van der Waals surface area contributed by atoms with Crippen molar-refractivity contribution in [3.05, 3.63) is 23.9 Å². The number of nitrogens with one attached hydrogen (secondary N) is 1. The first-order valence-corrected chi connectivity index (χ1v) is 6.99. The second kappa shape index (κ2) is 6.04. The predicted molar refractivity (Wildman–Crippen MR) is 78.0 cm³/mol. The molecule has 0 aliphatic carbocycles. The quantitative estimate of drug-likeness (QED) is 0.858. The van der Waals surface area contributed by atoms with Gasteiger partial charge in [-0.15, -0.1) is 12.4 Å². The molecule has 1 aromatic rings. The van der Waals surface area contributed by atoms with Crippen LogP contribution in [0.3, 0.4) is 0 Å². The molecule has 1 aromatic heterocycles. The van der Waals surface area contributed by atoms with Crippen molar-refractivity contribution in [2.45, 2.75) is 25.4 Å². The molecule has 4 nitrogen and oxygen atoms in total. The molecular weight excluding hydrogens is 319 g/mol. The van der Waals surface area contributed by atoms with Crippen LogP contribution in [0.2, 0.25) is 0 Å². The summed E-state index contributed by atoms with van der Waals surface area (Å²) in [6.07, 6.45) is -1.26. The van der Waals surface area contributed by atoms with E-state index < -0.39 is 17.2 Å². The molecule has 1 amide bonds. The van der Waals surface area contributed by atoms with Crippen LogP contribution < -0.4 is 10.2 Å². The molecule has 8 heteroatoms. The maximum atomic E-state index is 13.1. The van der Waals surface area contributed by atoms with Crippen molar-refractivity contribution in [3.8, 4) is 0 Å². The Labute approximate surface area is 132 Å². The fourth-order valence-electron chi connectivity index (χ4n) is 3.23. The van der Waals surface area contributed by atoms with Crippen LogP contribution >= 0.6 is 12.4 Å². The van der Waals surface area contributed by atoms with Gasteiger partial charge in [-0.1, -0.05) is 0 Å². The Hall–Kier alpha value is -1.34. The van der Waals surface area contributed by atoms with Crippen LogP contribution in [0.4, 0.5) is 19.0 Å².